The summed E-state index contributed by atoms with van der Waals surface area (Å²) >= 11 is 2.17. The largest absolute Gasteiger partial charge is 0.423 e. The van der Waals surface area contributed by atoms with E-state index in [0.29, 0.717) is 29.1 Å². The Hall–Kier alpha value is -1.40. The van der Waals surface area contributed by atoms with Crippen LogP contribution in [0.4, 0.5) is 0 Å². The van der Waals surface area contributed by atoms with Gasteiger partial charge in [-0.05, 0) is 120 Å². The molecule has 0 amide bonds. The van der Waals surface area contributed by atoms with E-state index >= 15 is 0 Å². The lowest BCUT2D eigenvalue weighted by Gasteiger charge is -2.50. The zero-order valence-electron chi connectivity index (χ0n) is 16.7. The van der Waals surface area contributed by atoms with Gasteiger partial charge >= 0.3 is 5.97 Å². The molecule has 3 aliphatic carbocycles. The molecule has 0 saturated heterocycles. The predicted molar refractivity (Wildman–Crippen MR) is 121 cm³/mol. The minimum Gasteiger partial charge on any atom is -0.423 e. The molecule has 3 nitrogen and oxygen atoms in total. The van der Waals surface area contributed by atoms with E-state index in [9.17, 15) is 9.90 Å². The van der Waals surface area contributed by atoms with Gasteiger partial charge in [-0.1, -0.05) is 25.1 Å². The van der Waals surface area contributed by atoms with Crippen LogP contribution in [0, 0.1) is 20.8 Å². The average Bonchev–Trinajstić information content (AvgIpc) is 3.02. The molecule has 5 rings (SSSR count). The molecule has 5 atom stereocenters. The highest BCUT2D eigenvalue weighted by atomic mass is 127. The molecule has 2 fully saturated rings. The molecule has 0 aliphatic heterocycles. The quantitative estimate of drug-likeness (QED) is 0.324. The number of carbonyl (C=O) groups excluding carboxylic acids is 1. The fraction of sp³-hybridized carbons (Fsp3) is 0.480. The van der Waals surface area contributed by atoms with Gasteiger partial charge in [0.15, 0.2) is 0 Å². The summed E-state index contributed by atoms with van der Waals surface area (Å²) in [6.07, 6.45) is 6.49. The highest BCUT2D eigenvalue weighted by Crippen LogP contribution is 2.60. The number of esters is 1. The van der Waals surface area contributed by atoms with Crippen molar-refractivity contribution in [3.05, 3.63) is 62.7 Å². The van der Waals surface area contributed by atoms with Gasteiger partial charge in [-0.3, -0.25) is 0 Å². The van der Waals surface area contributed by atoms with Crippen LogP contribution >= 0.6 is 22.6 Å². The molecule has 4 heteroatoms. The summed E-state index contributed by atoms with van der Waals surface area (Å²) in [6.45, 7) is 2.31. The van der Waals surface area contributed by atoms with Crippen molar-refractivity contribution in [2.24, 2.45) is 17.3 Å². The summed E-state index contributed by atoms with van der Waals surface area (Å²) in [4.78, 5) is 12.6. The molecule has 29 heavy (non-hydrogen) atoms. The second-order valence-corrected chi connectivity index (χ2v) is 10.4. The number of aryl methyl sites for hydroxylation is 1. The summed E-state index contributed by atoms with van der Waals surface area (Å²) in [5.41, 5.74) is 3.50. The second kappa shape index (κ2) is 7.38. The summed E-state index contributed by atoms with van der Waals surface area (Å²) in [5.74, 6) is 2.25. The highest BCUT2D eigenvalue weighted by Gasteiger charge is 2.54. The number of hydrogen-bond acceptors (Lipinski definition) is 3. The minimum absolute atomic E-state index is 0.112. The van der Waals surface area contributed by atoms with Crippen molar-refractivity contribution in [2.45, 2.75) is 57.5 Å². The number of rotatable bonds is 2. The van der Waals surface area contributed by atoms with Crippen molar-refractivity contribution in [3.8, 4) is 5.75 Å². The number of aliphatic hydroxyl groups excluding tert-OH is 1. The fourth-order valence-corrected chi connectivity index (χ4v) is 6.99. The third kappa shape index (κ3) is 3.23. The number of fused-ring (bicyclic) bond motifs is 5. The maximum atomic E-state index is 12.6. The lowest BCUT2D eigenvalue weighted by atomic mass is 9.55. The molecule has 0 spiro atoms. The zero-order chi connectivity index (χ0) is 20.2. The monoisotopic (exact) mass is 502 g/mol. The van der Waals surface area contributed by atoms with Crippen LogP contribution in [0.25, 0.3) is 0 Å². The third-order valence-electron chi connectivity index (χ3n) is 7.95. The number of ether oxygens (including phenoxy) is 1. The Morgan fingerprint density at radius 2 is 1.97 bits per heavy atom. The first kappa shape index (κ1) is 19.6. The fourth-order valence-electron chi connectivity index (χ4n) is 6.38. The van der Waals surface area contributed by atoms with Gasteiger partial charge in [-0.2, -0.15) is 0 Å². The van der Waals surface area contributed by atoms with Crippen LogP contribution in [0.2, 0.25) is 0 Å². The third-order valence-corrected chi connectivity index (χ3v) is 8.89. The highest BCUT2D eigenvalue weighted by molar-refractivity contribution is 14.1. The number of hydrogen-bond donors (Lipinski definition) is 1. The van der Waals surface area contributed by atoms with Crippen molar-refractivity contribution in [1.29, 1.82) is 0 Å². The van der Waals surface area contributed by atoms with Gasteiger partial charge in [0, 0.05) is 3.57 Å². The number of aliphatic hydroxyl groups is 1. The Labute approximate surface area is 186 Å². The van der Waals surface area contributed by atoms with Crippen LogP contribution in [0.3, 0.4) is 0 Å². The predicted octanol–water partition coefficient (Wildman–Crippen LogP) is 5.73. The number of carbonyl (C=O) groups is 1. The SMILES string of the molecule is C[C@]12CC[C@@H]3c4ccc(OC(=O)c5ccccc5I)cc4CC[C@H]3[C@@H]1CC[C@@H]2O. The van der Waals surface area contributed by atoms with Crippen molar-refractivity contribution in [3.63, 3.8) is 0 Å². The maximum absolute atomic E-state index is 12.6. The number of benzene rings is 2. The molecular weight excluding hydrogens is 475 g/mol. The summed E-state index contributed by atoms with van der Waals surface area (Å²) in [6, 6.07) is 13.7. The average molecular weight is 502 g/mol. The van der Waals surface area contributed by atoms with Crippen molar-refractivity contribution >= 4 is 28.6 Å². The van der Waals surface area contributed by atoms with E-state index in [4.69, 9.17) is 4.74 Å². The maximum Gasteiger partial charge on any atom is 0.344 e. The molecule has 3 aliphatic rings. The van der Waals surface area contributed by atoms with Crippen LogP contribution in [-0.4, -0.2) is 17.2 Å². The Morgan fingerprint density at radius 3 is 2.79 bits per heavy atom. The minimum atomic E-state index is -0.294. The lowest BCUT2D eigenvalue weighted by molar-refractivity contribution is -0.0226. The van der Waals surface area contributed by atoms with Gasteiger partial charge in [0.2, 0.25) is 0 Å². The van der Waals surface area contributed by atoms with Crippen LogP contribution < -0.4 is 4.74 Å². The molecule has 0 unspecified atom stereocenters. The van der Waals surface area contributed by atoms with Gasteiger partial charge in [-0.15, -0.1) is 0 Å². The first-order valence-corrected chi connectivity index (χ1v) is 11.8. The molecule has 2 saturated carbocycles. The van der Waals surface area contributed by atoms with Gasteiger partial charge in [0.05, 0.1) is 11.7 Å². The summed E-state index contributed by atoms with van der Waals surface area (Å²) in [7, 11) is 0. The molecule has 1 N–H and O–H groups in total. The molecule has 0 aromatic heterocycles. The van der Waals surface area contributed by atoms with E-state index in [1.165, 1.54) is 24.0 Å². The zero-order valence-corrected chi connectivity index (χ0v) is 18.9. The molecule has 2 aromatic carbocycles. The van der Waals surface area contributed by atoms with E-state index in [1.54, 1.807) is 0 Å². The van der Waals surface area contributed by atoms with Crippen molar-refractivity contribution in [2.75, 3.05) is 0 Å². The van der Waals surface area contributed by atoms with E-state index in [1.807, 2.05) is 30.3 Å². The van der Waals surface area contributed by atoms with E-state index in [-0.39, 0.29) is 17.5 Å². The summed E-state index contributed by atoms with van der Waals surface area (Å²) < 4.78 is 6.61. The van der Waals surface area contributed by atoms with Crippen molar-refractivity contribution < 1.29 is 14.6 Å². The lowest BCUT2D eigenvalue weighted by Crippen LogP contribution is -2.43. The van der Waals surface area contributed by atoms with E-state index in [2.05, 4.69) is 41.6 Å². The molecule has 0 heterocycles. The van der Waals surface area contributed by atoms with Crippen molar-refractivity contribution in [1.82, 2.24) is 0 Å². The van der Waals surface area contributed by atoms with Crippen LogP contribution in [0.1, 0.15) is 66.4 Å². The van der Waals surface area contributed by atoms with Gasteiger partial charge in [0.25, 0.3) is 0 Å². The van der Waals surface area contributed by atoms with Gasteiger partial charge in [0.1, 0.15) is 5.75 Å². The summed E-state index contributed by atoms with van der Waals surface area (Å²) in [5, 5.41) is 10.6. The number of halogens is 1. The first-order valence-electron chi connectivity index (χ1n) is 10.7. The van der Waals surface area contributed by atoms with Gasteiger partial charge in [-0.25, -0.2) is 4.79 Å². The smallest absolute Gasteiger partial charge is 0.344 e. The Morgan fingerprint density at radius 1 is 1.14 bits per heavy atom. The molecule has 152 valence electrons. The Bertz CT molecular complexity index is 955. The molecule has 2 aromatic rings. The normalized spacial score (nSPS) is 32.8. The Kier molecular flexibility index (Phi) is 4.98. The topological polar surface area (TPSA) is 46.5 Å². The molecule has 0 radical (unpaired) electrons. The standard InChI is InChI=1S/C25H27IO3/c1-25-13-12-18-17-9-7-16(29-24(28)20-4-2-3-5-22(20)26)14-15(17)6-8-19(18)21(25)10-11-23(25)27/h2-5,7,9,14,18-19,21,23,27H,6,8,10-13H2,1H3/t18-,19-,21+,23+,25+/m1/s1. The first-order chi connectivity index (χ1) is 14.0. The van der Waals surface area contributed by atoms with Crippen LogP contribution in [-0.2, 0) is 6.42 Å². The Balaban J connectivity index is 1.37. The van der Waals surface area contributed by atoms with E-state index < -0.39 is 0 Å². The van der Waals surface area contributed by atoms with E-state index in [0.717, 1.165) is 29.3 Å². The van der Waals surface area contributed by atoms with Crippen LogP contribution in [0.5, 0.6) is 5.75 Å². The second-order valence-electron chi connectivity index (χ2n) is 9.28. The molecule has 0 bridgehead atoms. The van der Waals surface area contributed by atoms with Crippen LogP contribution in [0.15, 0.2) is 42.5 Å². The van der Waals surface area contributed by atoms with Gasteiger partial charge < -0.3 is 9.84 Å². The molecular formula is C25H27IO3.